The zero-order chi connectivity index (χ0) is 13.4. The number of nitrogens with zero attached hydrogens (tertiary/aromatic N) is 2. The molecule has 0 radical (unpaired) electrons. The fourth-order valence-corrected chi connectivity index (χ4v) is 2.43. The number of halogens is 2. The van der Waals surface area contributed by atoms with Gasteiger partial charge < -0.3 is 4.98 Å². The molecule has 2 aromatic carbocycles. The van der Waals surface area contributed by atoms with Crippen LogP contribution < -0.4 is 0 Å². The summed E-state index contributed by atoms with van der Waals surface area (Å²) in [4.78, 5) is 7.62. The summed E-state index contributed by atoms with van der Waals surface area (Å²) in [5.41, 5.74) is 3.01. The van der Waals surface area contributed by atoms with Crippen molar-refractivity contribution in [2.45, 2.75) is 0 Å². The Labute approximate surface area is 119 Å². The van der Waals surface area contributed by atoms with Crippen LogP contribution in [0.15, 0.2) is 36.4 Å². The van der Waals surface area contributed by atoms with Gasteiger partial charge in [0.05, 0.1) is 22.7 Å². The Morgan fingerprint density at radius 2 is 1.79 bits per heavy atom. The summed E-state index contributed by atoms with van der Waals surface area (Å²) in [7, 11) is 0. The molecule has 0 aliphatic heterocycles. The first-order valence-corrected chi connectivity index (χ1v) is 6.27. The third-order valence-electron chi connectivity index (χ3n) is 2.75. The van der Waals surface area contributed by atoms with Crippen molar-refractivity contribution in [1.29, 1.82) is 5.26 Å². The number of fused-ring (bicyclic) bond motifs is 1. The molecule has 1 aromatic heterocycles. The smallest absolute Gasteiger partial charge is 0.138 e. The van der Waals surface area contributed by atoms with Crippen molar-refractivity contribution < 1.29 is 0 Å². The summed E-state index contributed by atoms with van der Waals surface area (Å²) in [5, 5.41) is 9.99. The van der Waals surface area contributed by atoms with Gasteiger partial charge in [-0.3, -0.25) is 0 Å². The summed E-state index contributed by atoms with van der Waals surface area (Å²) in [6, 6.07) is 12.6. The van der Waals surface area contributed by atoms with Gasteiger partial charge in [0.25, 0.3) is 0 Å². The van der Waals surface area contributed by atoms with E-state index in [4.69, 9.17) is 28.5 Å². The van der Waals surface area contributed by atoms with Crippen LogP contribution in [0, 0.1) is 11.3 Å². The highest BCUT2D eigenvalue weighted by molar-refractivity contribution is 6.35. The van der Waals surface area contributed by atoms with Gasteiger partial charge in [-0.25, -0.2) is 4.98 Å². The standard InChI is InChI=1S/C14H7Cl2N3/c15-10-4-9(5-11(16)6-10)14-18-12-2-1-8(7-17)3-13(12)19-14/h1-6H,(H,18,19). The van der Waals surface area contributed by atoms with E-state index in [0.717, 1.165) is 16.6 Å². The lowest BCUT2D eigenvalue weighted by Gasteiger charge is -1.98. The number of nitrogens with one attached hydrogen (secondary N) is 1. The van der Waals surface area contributed by atoms with Gasteiger partial charge in [-0.05, 0) is 36.4 Å². The molecule has 0 aliphatic carbocycles. The topological polar surface area (TPSA) is 52.5 Å². The Bertz CT molecular complexity index is 795. The molecule has 19 heavy (non-hydrogen) atoms. The molecular formula is C14H7Cl2N3. The quantitative estimate of drug-likeness (QED) is 0.721. The van der Waals surface area contributed by atoms with E-state index < -0.39 is 0 Å². The molecule has 1 heterocycles. The van der Waals surface area contributed by atoms with Crippen LogP contribution in [-0.2, 0) is 0 Å². The second kappa shape index (κ2) is 4.58. The van der Waals surface area contributed by atoms with Crippen molar-refractivity contribution in [2.75, 3.05) is 0 Å². The Morgan fingerprint density at radius 1 is 1.05 bits per heavy atom. The SMILES string of the molecule is N#Cc1ccc2nc(-c3cc(Cl)cc(Cl)c3)[nH]c2c1. The number of aromatic amines is 1. The number of rotatable bonds is 1. The van der Waals surface area contributed by atoms with Gasteiger partial charge in [0, 0.05) is 15.6 Å². The first-order chi connectivity index (χ1) is 9.15. The van der Waals surface area contributed by atoms with E-state index in [1.807, 2.05) is 0 Å². The number of hydrogen-bond donors (Lipinski definition) is 1. The predicted molar refractivity (Wildman–Crippen MR) is 76.3 cm³/mol. The molecule has 0 amide bonds. The minimum Gasteiger partial charge on any atom is -0.338 e. The van der Waals surface area contributed by atoms with Crippen LogP contribution in [0.2, 0.25) is 10.0 Å². The molecule has 0 saturated carbocycles. The third-order valence-corrected chi connectivity index (χ3v) is 3.18. The van der Waals surface area contributed by atoms with Gasteiger partial charge in [0.2, 0.25) is 0 Å². The number of H-pyrrole nitrogens is 1. The Kier molecular flexibility index (Phi) is 2.90. The summed E-state index contributed by atoms with van der Waals surface area (Å²) in [5.74, 6) is 0.675. The van der Waals surface area contributed by atoms with Gasteiger partial charge in [-0.15, -0.1) is 0 Å². The van der Waals surface area contributed by atoms with E-state index in [0.29, 0.717) is 21.4 Å². The number of aromatic nitrogens is 2. The lowest BCUT2D eigenvalue weighted by atomic mass is 10.2. The fraction of sp³-hybridized carbons (Fsp3) is 0. The molecule has 0 atom stereocenters. The van der Waals surface area contributed by atoms with Gasteiger partial charge in [-0.2, -0.15) is 5.26 Å². The summed E-state index contributed by atoms with van der Waals surface area (Å²) in [6.07, 6.45) is 0. The van der Waals surface area contributed by atoms with Crippen LogP contribution >= 0.6 is 23.2 Å². The second-order valence-corrected chi connectivity index (χ2v) is 4.96. The Balaban J connectivity index is 2.18. The van der Waals surface area contributed by atoms with E-state index in [2.05, 4.69) is 16.0 Å². The van der Waals surface area contributed by atoms with E-state index in [-0.39, 0.29) is 0 Å². The van der Waals surface area contributed by atoms with Crippen molar-refractivity contribution in [3.05, 3.63) is 52.0 Å². The Hall–Kier alpha value is -2.02. The minimum atomic E-state index is 0.556. The molecule has 92 valence electrons. The van der Waals surface area contributed by atoms with Crippen LogP contribution in [0.4, 0.5) is 0 Å². The van der Waals surface area contributed by atoms with Crippen LogP contribution in [0.1, 0.15) is 5.56 Å². The maximum atomic E-state index is 8.87. The van der Waals surface area contributed by atoms with Gasteiger partial charge in [0.15, 0.2) is 0 Å². The van der Waals surface area contributed by atoms with Crippen molar-refractivity contribution in [2.24, 2.45) is 0 Å². The van der Waals surface area contributed by atoms with Crippen molar-refractivity contribution >= 4 is 34.2 Å². The van der Waals surface area contributed by atoms with Gasteiger partial charge >= 0.3 is 0 Å². The molecule has 1 N–H and O–H groups in total. The van der Waals surface area contributed by atoms with E-state index >= 15 is 0 Å². The molecule has 3 nitrogen and oxygen atoms in total. The first kappa shape index (κ1) is 12.0. The van der Waals surface area contributed by atoms with E-state index in [1.54, 1.807) is 36.4 Å². The lowest BCUT2D eigenvalue weighted by Crippen LogP contribution is -1.80. The second-order valence-electron chi connectivity index (χ2n) is 4.09. The highest BCUT2D eigenvalue weighted by Gasteiger charge is 2.07. The van der Waals surface area contributed by atoms with Gasteiger partial charge in [-0.1, -0.05) is 23.2 Å². The van der Waals surface area contributed by atoms with Crippen molar-refractivity contribution in [1.82, 2.24) is 9.97 Å². The average Bonchev–Trinajstić information content (AvgIpc) is 2.80. The normalized spacial score (nSPS) is 10.6. The first-order valence-electron chi connectivity index (χ1n) is 5.52. The Morgan fingerprint density at radius 3 is 2.47 bits per heavy atom. The molecule has 0 bridgehead atoms. The van der Waals surface area contributed by atoms with Crippen LogP contribution in [0.5, 0.6) is 0 Å². The summed E-state index contributed by atoms with van der Waals surface area (Å²) >= 11 is 12.0. The van der Waals surface area contributed by atoms with E-state index in [9.17, 15) is 0 Å². The lowest BCUT2D eigenvalue weighted by molar-refractivity contribution is 1.34. The largest absolute Gasteiger partial charge is 0.338 e. The highest BCUT2D eigenvalue weighted by atomic mass is 35.5. The zero-order valence-electron chi connectivity index (χ0n) is 9.61. The predicted octanol–water partition coefficient (Wildman–Crippen LogP) is 4.41. The number of hydrogen-bond acceptors (Lipinski definition) is 2. The molecule has 0 fully saturated rings. The number of nitriles is 1. The summed E-state index contributed by atoms with van der Waals surface area (Å²) < 4.78 is 0. The monoisotopic (exact) mass is 287 g/mol. The van der Waals surface area contributed by atoms with Crippen molar-refractivity contribution in [3.63, 3.8) is 0 Å². The number of benzene rings is 2. The fourth-order valence-electron chi connectivity index (χ4n) is 1.91. The third kappa shape index (κ3) is 2.28. The highest BCUT2D eigenvalue weighted by Crippen LogP contribution is 2.27. The molecule has 0 spiro atoms. The molecule has 0 aliphatic rings. The summed E-state index contributed by atoms with van der Waals surface area (Å²) in [6.45, 7) is 0. The van der Waals surface area contributed by atoms with Crippen molar-refractivity contribution in [3.8, 4) is 17.5 Å². The van der Waals surface area contributed by atoms with E-state index in [1.165, 1.54) is 0 Å². The maximum Gasteiger partial charge on any atom is 0.138 e. The zero-order valence-corrected chi connectivity index (χ0v) is 11.1. The molecule has 0 unspecified atom stereocenters. The van der Waals surface area contributed by atoms with Crippen LogP contribution in [-0.4, -0.2) is 9.97 Å². The molecule has 0 saturated heterocycles. The van der Waals surface area contributed by atoms with Gasteiger partial charge in [0.1, 0.15) is 5.82 Å². The molecule has 3 aromatic rings. The van der Waals surface area contributed by atoms with Crippen LogP contribution in [0.3, 0.4) is 0 Å². The van der Waals surface area contributed by atoms with Crippen LogP contribution in [0.25, 0.3) is 22.4 Å². The average molecular weight is 288 g/mol. The molecule has 3 rings (SSSR count). The maximum absolute atomic E-state index is 8.87. The molecule has 5 heteroatoms. The minimum absolute atomic E-state index is 0.556. The number of imidazole rings is 1. The molecular weight excluding hydrogens is 281 g/mol.